The van der Waals surface area contributed by atoms with Crippen molar-refractivity contribution >= 4 is 33.2 Å². The summed E-state index contributed by atoms with van der Waals surface area (Å²) in [6, 6.07) is 12.0. The Morgan fingerprint density at radius 1 is 1.11 bits per heavy atom. The molecule has 0 atom stereocenters. The SMILES string of the molecule is Nc1cccc(C(=O)Nc2ccc(Br)c(C(F)(F)F)c2)c1Cc1ccncc1. The number of hydrogen-bond acceptors (Lipinski definition) is 3. The maximum Gasteiger partial charge on any atom is 0.417 e. The van der Waals surface area contributed by atoms with Gasteiger partial charge in [-0.3, -0.25) is 9.78 Å². The molecule has 0 saturated carbocycles. The highest BCUT2D eigenvalue weighted by Crippen LogP contribution is 2.36. The van der Waals surface area contributed by atoms with Gasteiger partial charge in [0.05, 0.1) is 5.56 Å². The van der Waals surface area contributed by atoms with E-state index in [4.69, 9.17) is 5.73 Å². The molecular weight excluding hydrogens is 435 g/mol. The van der Waals surface area contributed by atoms with Crippen LogP contribution in [0.1, 0.15) is 27.0 Å². The second-order valence-corrected chi connectivity index (χ2v) is 6.91. The number of carbonyl (C=O) groups excluding carboxylic acids is 1. The number of pyridine rings is 1. The normalized spacial score (nSPS) is 11.3. The summed E-state index contributed by atoms with van der Waals surface area (Å²) in [7, 11) is 0. The van der Waals surface area contributed by atoms with Crippen molar-refractivity contribution in [2.45, 2.75) is 12.6 Å². The molecule has 0 aliphatic carbocycles. The number of hydrogen-bond donors (Lipinski definition) is 2. The zero-order valence-electron chi connectivity index (χ0n) is 14.4. The van der Waals surface area contributed by atoms with Crippen molar-refractivity contribution in [3.8, 4) is 0 Å². The van der Waals surface area contributed by atoms with E-state index in [1.54, 1.807) is 42.7 Å². The fraction of sp³-hybridized carbons (Fsp3) is 0.100. The van der Waals surface area contributed by atoms with Crippen LogP contribution in [0.2, 0.25) is 0 Å². The van der Waals surface area contributed by atoms with Gasteiger partial charge >= 0.3 is 6.18 Å². The molecule has 1 aromatic heterocycles. The summed E-state index contributed by atoms with van der Waals surface area (Å²) in [4.78, 5) is 16.7. The van der Waals surface area contributed by atoms with Crippen LogP contribution in [0.3, 0.4) is 0 Å². The van der Waals surface area contributed by atoms with Crippen molar-refractivity contribution < 1.29 is 18.0 Å². The first kappa shape index (κ1) is 19.9. The number of nitrogens with zero attached hydrogens (tertiary/aromatic N) is 1. The Morgan fingerprint density at radius 3 is 2.50 bits per heavy atom. The van der Waals surface area contributed by atoms with E-state index in [1.165, 1.54) is 12.1 Å². The smallest absolute Gasteiger partial charge is 0.398 e. The lowest BCUT2D eigenvalue weighted by molar-refractivity contribution is -0.138. The molecular formula is C20H15BrF3N3O. The second kappa shape index (κ2) is 8.02. The number of aromatic nitrogens is 1. The van der Waals surface area contributed by atoms with Gasteiger partial charge in [0.25, 0.3) is 5.91 Å². The van der Waals surface area contributed by atoms with E-state index >= 15 is 0 Å². The fourth-order valence-corrected chi connectivity index (χ4v) is 3.21. The molecule has 3 aromatic rings. The maximum atomic E-state index is 13.1. The predicted molar refractivity (Wildman–Crippen MR) is 105 cm³/mol. The lowest BCUT2D eigenvalue weighted by atomic mass is 9.98. The summed E-state index contributed by atoms with van der Waals surface area (Å²) < 4.78 is 39.2. The summed E-state index contributed by atoms with van der Waals surface area (Å²) in [5.41, 5.74) is 7.46. The molecule has 144 valence electrons. The van der Waals surface area contributed by atoms with Crippen LogP contribution in [-0.4, -0.2) is 10.9 Å². The van der Waals surface area contributed by atoms with Gasteiger partial charge in [-0.25, -0.2) is 0 Å². The van der Waals surface area contributed by atoms with Crippen LogP contribution < -0.4 is 11.1 Å². The molecule has 4 nitrogen and oxygen atoms in total. The number of alkyl halides is 3. The Morgan fingerprint density at radius 2 is 1.82 bits per heavy atom. The van der Waals surface area contributed by atoms with E-state index in [9.17, 15) is 18.0 Å². The summed E-state index contributed by atoms with van der Waals surface area (Å²) >= 11 is 2.88. The first-order valence-electron chi connectivity index (χ1n) is 8.20. The molecule has 1 amide bonds. The Labute approximate surface area is 167 Å². The molecule has 0 aliphatic heterocycles. The average molecular weight is 450 g/mol. The molecule has 28 heavy (non-hydrogen) atoms. The minimum Gasteiger partial charge on any atom is -0.398 e. The number of nitrogens with one attached hydrogen (secondary N) is 1. The zero-order valence-corrected chi connectivity index (χ0v) is 16.0. The Balaban J connectivity index is 1.91. The van der Waals surface area contributed by atoms with Crippen LogP contribution in [0.5, 0.6) is 0 Å². The monoisotopic (exact) mass is 449 g/mol. The predicted octanol–water partition coefficient (Wildman–Crippen LogP) is 5.29. The van der Waals surface area contributed by atoms with Gasteiger partial charge in [0, 0.05) is 40.2 Å². The minimum absolute atomic E-state index is 0.0396. The van der Waals surface area contributed by atoms with Crippen LogP contribution in [0.25, 0.3) is 0 Å². The largest absolute Gasteiger partial charge is 0.417 e. The Kier molecular flexibility index (Phi) is 5.69. The molecule has 2 aromatic carbocycles. The van der Waals surface area contributed by atoms with E-state index in [1.807, 2.05) is 0 Å². The third kappa shape index (κ3) is 4.51. The minimum atomic E-state index is -4.54. The second-order valence-electron chi connectivity index (χ2n) is 6.05. The number of amides is 1. The fourth-order valence-electron chi connectivity index (χ4n) is 2.74. The molecule has 0 bridgehead atoms. The van der Waals surface area contributed by atoms with Crippen LogP contribution >= 0.6 is 15.9 Å². The number of carbonyl (C=O) groups is 1. The molecule has 3 rings (SSSR count). The van der Waals surface area contributed by atoms with Crippen molar-refractivity contribution in [1.82, 2.24) is 4.98 Å². The van der Waals surface area contributed by atoms with Gasteiger partial charge in [-0.1, -0.05) is 22.0 Å². The summed E-state index contributed by atoms with van der Waals surface area (Å²) in [6.45, 7) is 0. The molecule has 3 N–H and O–H groups in total. The summed E-state index contributed by atoms with van der Waals surface area (Å²) in [5, 5.41) is 2.52. The van der Waals surface area contributed by atoms with Gasteiger partial charge < -0.3 is 11.1 Å². The van der Waals surface area contributed by atoms with Crippen molar-refractivity contribution in [3.63, 3.8) is 0 Å². The Hall–Kier alpha value is -2.87. The number of nitrogens with two attached hydrogens (primary N) is 1. The van der Waals surface area contributed by atoms with Gasteiger partial charge in [-0.15, -0.1) is 0 Å². The van der Waals surface area contributed by atoms with Crippen molar-refractivity contribution in [2.24, 2.45) is 0 Å². The number of anilines is 2. The topological polar surface area (TPSA) is 68.0 Å². The number of benzene rings is 2. The van der Waals surface area contributed by atoms with E-state index in [0.717, 1.165) is 11.6 Å². The van der Waals surface area contributed by atoms with Gasteiger partial charge in [0.2, 0.25) is 0 Å². The molecule has 1 heterocycles. The van der Waals surface area contributed by atoms with Gasteiger partial charge in [0.1, 0.15) is 0 Å². The number of nitrogen functional groups attached to an aromatic ring is 1. The maximum absolute atomic E-state index is 13.1. The molecule has 8 heteroatoms. The zero-order chi connectivity index (χ0) is 20.3. The van der Waals surface area contributed by atoms with Gasteiger partial charge in [-0.2, -0.15) is 13.2 Å². The van der Waals surface area contributed by atoms with Gasteiger partial charge in [-0.05, 0) is 53.6 Å². The lowest BCUT2D eigenvalue weighted by Crippen LogP contribution is -2.16. The lowest BCUT2D eigenvalue weighted by Gasteiger charge is -2.14. The first-order valence-corrected chi connectivity index (χ1v) is 8.99. The number of rotatable bonds is 4. The Bertz CT molecular complexity index is 1010. The van der Waals surface area contributed by atoms with Crippen LogP contribution in [-0.2, 0) is 12.6 Å². The van der Waals surface area contributed by atoms with Crippen molar-refractivity contribution in [3.05, 3.63) is 87.7 Å². The number of halogens is 4. The van der Waals surface area contributed by atoms with Gasteiger partial charge in [0.15, 0.2) is 0 Å². The van der Waals surface area contributed by atoms with Crippen molar-refractivity contribution in [1.29, 1.82) is 0 Å². The highest BCUT2D eigenvalue weighted by molar-refractivity contribution is 9.10. The van der Waals surface area contributed by atoms with E-state index in [0.29, 0.717) is 23.2 Å². The van der Waals surface area contributed by atoms with E-state index in [-0.39, 0.29) is 10.2 Å². The quantitative estimate of drug-likeness (QED) is 0.531. The first-order chi connectivity index (χ1) is 13.3. The highest BCUT2D eigenvalue weighted by Gasteiger charge is 2.33. The molecule has 0 aliphatic rings. The van der Waals surface area contributed by atoms with Crippen LogP contribution in [0.15, 0.2) is 65.4 Å². The summed E-state index contributed by atoms with van der Waals surface area (Å²) in [6.07, 6.45) is -0.876. The summed E-state index contributed by atoms with van der Waals surface area (Å²) in [5.74, 6) is -0.535. The standard InChI is InChI=1S/C20H15BrF3N3O/c21-17-5-4-13(11-16(17)20(22,23)24)27-19(28)14-2-1-3-18(25)15(14)10-12-6-8-26-9-7-12/h1-9,11H,10,25H2,(H,27,28). The molecule has 0 spiro atoms. The van der Waals surface area contributed by atoms with E-state index in [2.05, 4.69) is 26.2 Å². The van der Waals surface area contributed by atoms with Crippen LogP contribution in [0, 0.1) is 0 Å². The third-order valence-corrected chi connectivity index (χ3v) is 4.81. The molecule has 0 unspecified atom stereocenters. The molecule has 0 fully saturated rings. The molecule has 0 saturated heterocycles. The average Bonchev–Trinajstić information content (AvgIpc) is 2.65. The molecule has 0 radical (unpaired) electrons. The van der Waals surface area contributed by atoms with Crippen molar-refractivity contribution in [2.75, 3.05) is 11.1 Å². The van der Waals surface area contributed by atoms with Crippen LogP contribution in [0.4, 0.5) is 24.5 Å². The highest BCUT2D eigenvalue weighted by atomic mass is 79.9. The third-order valence-electron chi connectivity index (χ3n) is 4.12. The van der Waals surface area contributed by atoms with E-state index < -0.39 is 17.6 Å².